The molecule has 1 aliphatic carbocycles. The fraction of sp³-hybridized carbons (Fsp3) is 0.933. The number of hydrogen-bond donors (Lipinski definition) is 1. The van der Waals surface area contributed by atoms with E-state index in [0.29, 0.717) is 22.9 Å². The molecule has 2 unspecified atom stereocenters. The van der Waals surface area contributed by atoms with E-state index in [4.69, 9.17) is 4.99 Å². The minimum absolute atomic E-state index is 0.295. The molecule has 104 valence electrons. The van der Waals surface area contributed by atoms with Gasteiger partial charge < -0.3 is 5.32 Å². The number of nitrogens with one attached hydrogen (secondary N) is 1. The minimum atomic E-state index is 0.295. The molecular formula is C15H28N2S. The Morgan fingerprint density at radius 1 is 1.28 bits per heavy atom. The second-order valence-electron chi connectivity index (χ2n) is 7.70. The highest BCUT2D eigenvalue weighted by Gasteiger charge is 2.33. The summed E-state index contributed by atoms with van der Waals surface area (Å²) < 4.78 is 0. The molecule has 2 rings (SSSR count). The van der Waals surface area contributed by atoms with Crippen molar-refractivity contribution in [1.82, 2.24) is 5.32 Å². The third kappa shape index (κ3) is 3.66. The molecule has 1 aliphatic heterocycles. The number of rotatable bonds is 1. The summed E-state index contributed by atoms with van der Waals surface area (Å²) in [6.07, 6.45) is 5.14. The molecule has 0 spiro atoms. The van der Waals surface area contributed by atoms with Crippen LogP contribution in [0.3, 0.4) is 0 Å². The molecule has 18 heavy (non-hydrogen) atoms. The van der Waals surface area contributed by atoms with E-state index < -0.39 is 0 Å². The van der Waals surface area contributed by atoms with Gasteiger partial charge in [0.2, 0.25) is 0 Å². The summed E-state index contributed by atoms with van der Waals surface area (Å²) >= 11 is 1.91. The summed E-state index contributed by atoms with van der Waals surface area (Å²) in [7, 11) is 0. The lowest BCUT2D eigenvalue weighted by Crippen LogP contribution is -2.37. The molecule has 2 aliphatic rings. The van der Waals surface area contributed by atoms with Gasteiger partial charge in [0.05, 0.1) is 6.04 Å². The number of nitrogens with zero attached hydrogens (tertiary/aromatic N) is 1. The molecule has 0 radical (unpaired) electrons. The van der Waals surface area contributed by atoms with Crippen LogP contribution < -0.4 is 5.32 Å². The van der Waals surface area contributed by atoms with Crippen LogP contribution in [0.15, 0.2) is 4.99 Å². The third-order valence-electron chi connectivity index (χ3n) is 4.20. The van der Waals surface area contributed by atoms with Gasteiger partial charge in [-0.15, -0.1) is 0 Å². The van der Waals surface area contributed by atoms with Gasteiger partial charge in [-0.25, -0.2) is 0 Å². The molecule has 0 aromatic carbocycles. The zero-order valence-electron chi connectivity index (χ0n) is 12.5. The van der Waals surface area contributed by atoms with Crippen molar-refractivity contribution in [3.8, 4) is 0 Å². The molecular weight excluding hydrogens is 240 g/mol. The molecule has 0 amide bonds. The predicted octanol–water partition coefficient (Wildman–Crippen LogP) is 4.06. The van der Waals surface area contributed by atoms with Crippen molar-refractivity contribution in [3.05, 3.63) is 0 Å². The fourth-order valence-corrected chi connectivity index (χ4v) is 3.94. The Kier molecular flexibility index (Phi) is 4.01. The average molecular weight is 268 g/mol. The van der Waals surface area contributed by atoms with Crippen molar-refractivity contribution in [2.45, 2.75) is 72.4 Å². The summed E-state index contributed by atoms with van der Waals surface area (Å²) in [5.41, 5.74) is 0.809. The highest BCUT2D eigenvalue weighted by Crippen LogP contribution is 2.37. The highest BCUT2D eigenvalue weighted by molar-refractivity contribution is 8.13. The lowest BCUT2D eigenvalue weighted by Gasteiger charge is -2.32. The Hall–Kier alpha value is -0.180. The molecule has 2 atom stereocenters. The Bertz CT molecular complexity index is 328. The second kappa shape index (κ2) is 5.07. The van der Waals surface area contributed by atoms with Crippen molar-refractivity contribution in [2.75, 3.05) is 5.75 Å². The maximum atomic E-state index is 4.93. The quantitative estimate of drug-likeness (QED) is 0.775. The summed E-state index contributed by atoms with van der Waals surface area (Å²) in [5.74, 6) is 1.21. The summed E-state index contributed by atoms with van der Waals surface area (Å²) in [6.45, 7) is 11.7. The van der Waals surface area contributed by atoms with Crippen LogP contribution in [-0.4, -0.2) is 23.0 Å². The number of hydrogen-bond acceptors (Lipinski definition) is 3. The SMILES string of the molecule is CC1(C)CCC(NC2=NC(C(C)(C)C)CCS2)C1. The van der Waals surface area contributed by atoms with Gasteiger partial charge >= 0.3 is 0 Å². The van der Waals surface area contributed by atoms with Gasteiger partial charge in [0.1, 0.15) is 0 Å². The number of thioether (sulfide) groups is 1. The molecule has 1 heterocycles. The first kappa shape index (κ1) is 14.2. The van der Waals surface area contributed by atoms with Gasteiger partial charge in [0.15, 0.2) is 5.17 Å². The first-order valence-corrected chi connectivity index (χ1v) is 8.22. The van der Waals surface area contributed by atoms with Crippen LogP contribution in [0.1, 0.15) is 60.3 Å². The normalized spacial score (nSPS) is 32.2. The Balaban J connectivity index is 1.95. The Morgan fingerprint density at radius 3 is 2.56 bits per heavy atom. The maximum absolute atomic E-state index is 4.93. The zero-order valence-corrected chi connectivity index (χ0v) is 13.4. The van der Waals surface area contributed by atoms with Crippen LogP contribution in [0.25, 0.3) is 0 Å². The molecule has 0 aromatic rings. The van der Waals surface area contributed by atoms with E-state index in [2.05, 4.69) is 39.9 Å². The predicted molar refractivity (Wildman–Crippen MR) is 82.3 cm³/mol. The summed E-state index contributed by atoms with van der Waals surface area (Å²) in [5, 5.41) is 4.89. The van der Waals surface area contributed by atoms with Crippen molar-refractivity contribution in [3.63, 3.8) is 0 Å². The Morgan fingerprint density at radius 2 is 2.00 bits per heavy atom. The Labute approximate surface area is 116 Å². The first-order chi connectivity index (χ1) is 8.26. The molecule has 0 aromatic heterocycles. The van der Waals surface area contributed by atoms with Crippen LogP contribution in [0.5, 0.6) is 0 Å². The molecule has 1 saturated carbocycles. The topological polar surface area (TPSA) is 24.4 Å². The van der Waals surface area contributed by atoms with E-state index in [1.165, 1.54) is 36.6 Å². The largest absolute Gasteiger partial charge is 0.362 e. The lowest BCUT2D eigenvalue weighted by atomic mass is 9.85. The zero-order chi connectivity index (χ0) is 13.4. The van der Waals surface area contributed by atoms with Gasteiger partial charge in [-0.2, -0.15) is 0 Å². The molecule has 1 N–H and O–H groups in total. The van der Waals surface area contributed by atoms with Gasteiger partial charge in [0, 0.05) is 11.8 Å². The van der Waals surface area contributed by atoms with Gasteiger partial charge in [-0.3, -0.25) is 4.99 Å². The van der Waals surface area contributed by atoms with E-state index in [1.54, 1.807) is 0 Å². The van der Waals surface area contributed by atoms with E-state index in [0.717, 1.165) is 0 Å². The minimum Gasteiger partial charge on any atom is -0.362 e. The van der Waals surface area contributed by atoms with Gasteiger partial charge in [-0.05, 0) is 36.5 Å². The molecule has 0 bridgehead atoms. The number of amidine groups is 1. The van der Waals surface area contributed by atoms with Crippen molar-refractivity contribution < 1.29 is 0 Å². The summed E-state index contributed by atoms with van der Waals surface area (Å²) in [6, 6.07) is 1.13. The average Bonchev–Trinajstić information content (AvgIpc) is 2.57. The fourth-order valence-electron chi connectivity index (χ4n) is 2.95. The summed E-state index contributed by atoms with van der Waals surface area (Å²) in [4.78, 5) is 4.93. The van der Waals surface area contributed by atoms with E-state index in [9.17, 15) is 0 Å². The standard InChI is InChI=1S/C15H28N2S/c1-14(2,3)12-7-9-18-13(17-12)16-11-6-8-15(4,5)10-11/h11-12H,6-10H2,1-5H3,(H,16,17). The van der Waals surface area contributed by atoms with Crippen molar-refractivity contribution in [1.29, 1.82) is 0 Å². The smallest absolute Gasteiger partial charge is 0.157 e. The molecule has 2 nitrogen and oxygen atoms in total. The van der Waals surface area contributed by atoms with E-state index in [1.807, 2.05) is 11.8 Å². The molecule has 1 fully saturated rings. The van der Waals surface area contributed by atoms with Crippen LogP contribution in [0.2, 0.25) is 0 Å². The molecule has 3 heteroatoms. The van der Waals surface area contributed by atoms with Crippen LogP contribution in [-0.2, 0) is 0 Å². The lowest BCUT2D eigenvalue weighted by molar-refractivity contribution is 0.315. The van der Waals surface area contributed by atoms with E-state index in [-0.39, 0.29) is 0 Å². The van der Waals surface area contributed by atoms with Crippen molar-refractivity contribution in [2.24, 2.45) is 15.8 Å². The van der Waals surface area contributed by atoms with Crippen molar-refractivity contribution >= 4 is 16.9 Å². The van der Waals surface area contributed by atoms with Gasteiger partial charge in [-0.1, -0.05) is 46.4 Å². The highest BCUT2D eigenvalue weighted by atomic mass is 32.2. The second-order valence-corrected chi connectivity index (χ2v) is 8.79. The maximum Gasteiger partial charge on any atom is 0.157 e. The van der Waals surface area contributed by atoms with Crippen LogP contribution in [0.4, 0.5) is 0 Å². The van der Waals surface area contributed by atoms with Crippen LogP contribution in [0, 0.1) is 10.8 Å². The third-order valence-corrected chi connectivity index (χ3v) is 5.14. The van der Waals surface area contributed by atoms with Gasteiger partial charge in [0.25, 0.3) is 0 Å². The van der Waals surface area contributed by atoms with Crippen LogP contribution >= 0.6 is 11.8 Å². The van der Waals surface area contributed by atoms with E-state index >= 15 is 0 Å². The monoisotopic (exact) mass is 268 g/mol. The number of aliphatic imine (C=N–C) groups is 1. The molecule has 0 saturated heterocycles. The first-order valence-electron chi connectivity index (χ1n) is 7.23.